The predicted octanol–water partition coefficient (Wildman–Crippen LogP) is 4.05. The van der Waals surface area contributed by atoms with Crippen LogP contribution in [0.25, 0.3) is 11.3 Å². The molecular weight excluding hydrogens is 352 g/mol. The summed E-state index contributed by atoms with van der Waals surface area (Å²) in [5.41, 5.74) is 6.58. The molecule has 1 heterocycles. The fraction of sp³-hybridized carbons (Fsp3) is 0.227. The number of hydrazone groups is 1. The van der Waals surface area contributed by atoms with Crippen LogP contribution < -0.4 is 10.2 Å². The molecule has 0 unspecified atom stereocenters. The molecular formula is C22H24N4O2. The van der Waals surface area contributed by atoms with Crippen LogP contribution in [0.5, 0.6) is 5.75 Å². The van der Waals surface area contributed by atoms with Crippen molar-refractivity contribution in [3.8, 4) is 17.0 Å². The van der Waals surface area contributed by atoms with Crippen LogP contribution in [0.1, 0.15) is 35.5 Å². The molecule has 144 valence electrons. The molecule has 0 saturated heterocycles. The fourth-order valence-corrected chi connectivity index (χ4v) is 2.86. The minimum atomic E-state index is -0.360. The first-order valence-electron chi connectivity index (χ1n) is 9.18. The van der Waals surface area contributed by atoms with E-state index < -0.39 is 0 Å². The van der Waals surface area contributed by atoms with Gasteiger partial charge in [0.15, 0.2) is 0 Å². The number of carbonyl (C=O) groups excluding carboxylic acids is 1. The van der Waals surface area contributed by atoms with Crippen molar-refractivity contribution in [2.45, 2.75) is 20.3 Å². The third kappa shape index (κ3) is 4.85. The second-order valence-corrected chi connectivity index (χ2v) is 6.90. The van der Waals surface area contributed by atoms with Crippen LogP contribution in [0.15, 0.2) is 59.7 Å². The van der Waals surface area contributed by atoms with E-state index in [0.717, 1.165) is 23.2 Å². The lowest BCUT2D eigenvalue weighted by Crippen LogP contribution is -2.18. The highest BCUT2D eigenvalue weighted by Gasteiger charge is 2.10. The van der Waals surface area contributed by atoms with Gasteiger partial charge in [0, 0.05) is 11.1 Å². The summed E-state index contributed by atoms with van der Waals surface area (Å²) in [7, 11) is 1.59. The van der Waals surface area contributed by atoms with Crippen LogP contribution in [-0.4, -0.2) is 29.4 Å². The number of amides is 1. The van der Waals surface area contributed by atoms with Crippen LogP contribution >= 0.6 is 0 Å². The standard InChI is InChI=1S/C22H24N4O2/c1-15(2)12-16-8-10-17(11-9-16)19-13-20(25-24-19)22(27)26-23-14-18-6-4-5-7-21(18)28-3/h4-11,13-15H,12H2,1-3H3,(H,24,25)(H,26,27)/b23-14+. The van der Waals surface area contributed by atoms with E-state index in [2.05, 4.69) is 46.7 Å². The lowest BCUT2D eigenvalue weighted by atomic mass is 10.0. The van der Waals surface area contributed by atoms with E-state index in [0.29, 0.717) is 17.4 Å². The van der Waals surface area contributed by atoms with E-state index in [4.69, 9.17) is 4.74 Å². The molecule has 1 amide bonds. The Labute approximate surface area is 164 Å². The Bertz CT molecular complexity index is 959. The molecule has 0 spiro atoms. The molecule has 1 aromatic heterocycles. The Kier molecular flexibility index (Phi) is 6.22. The van der Waals surface area contributed by atoms with E-state index in [1.54, 1.807) is 19.4 Å². The lowest BCUT2D eigenvalue weighted by molar-refractivity contribution is 0.0950. The maximum absolute atomic E-state index is 12.3. The quantitative estimate of drug-likeness (QED) is 0.482. The van der Waals surface area contributed by atoms with E-state index in [1.165, 1.54) is 5.56 Å². The molecule has 3 aromatic rings. The summed E-state index contributed by atoms with van der Waals surface area (Å²) in [4.78, 5) is 12.3. The average molecular weight is 376 g/mol. The van der Waals surface area contributed by atoms with Gasteiger partial charge < -0.3 is 4.74 Å². The molecule has 6 nitrogen and oxygen atoms in total. The minimum Gasteiger partial charge on any atom is -0.496 e. The summed E-state index contributed by atoms with van der Waals surface area (Å²) in [6, 6.07) is 17.4. The van der Waals surface area contributed by atoms with Crippen molar-refractivity contribution in [3.63, 3.8) is 0 Å². The van der Waals surface area contributed by atoms with Crippen molar-refractivity contribution >= 4 is 12.1 Å². The summed E-state index contributed by atoms with van der Waals surface area (Å²) in [6.07, 6.45) is 2.58. The predicted molar refractivity (Wildman–Crippen MR) is 111 cm³/mol. The fourth-order valence-electron chi connectivity index (χ4n) is 2.86. The van der Waals surface area contributed by atoms with Gasteiger partial charge in [-0.1, -0.05) is 50.2 Å². The van der Waals surface area contributed by atoms with Gasteiger partial charge in [0.2, 0.25) is 0 Å². The normalized spacial score (nSPS) is 11.1. The smallest absolute Gasteiger partial charge is 0.289 e. The number of para-hydroxylation sites is 1. The molecule has 2 aromatic carbocycles. The van der Waals surface area contributed by atoms with Gasteiger partial charge >= 0.3 is 0 Å². The zero-order valence-electron chi connectivity index (χ0n) is 16.3. The first kappa shape index (κ1) is 19.4. The monoisotopic (exact) mass is 376 g/mol. The van der Waals surface area contributed by atoms with Crippen molar-refractivity contribution in [2.24, 2.45) is 11.0 Å². The molecule has 0 aliphatic carbocycles. The number of nitrogens with zero attached hydrogens (tertiary/aromatic N) is 2. The topological polar surface area (TPSA) is 79.4 Å². The first-order valence-corrected chi connectivity index (χ1v) is 9.18. The molecule has 28 heavy (non-hydrogen) atoms. The van der Waals surface area contributed by atoms with Gasteiger partial charge in [-0.15, -0.1) is 0 Å². The van der Waals surface area contributed by atoms with Crippen LogP contribution in [0.4, 0.5) is 0 Å². The van der Waals surface area contributed by atoms with Crippen molar-refractivity contribution < 1.29 is 9.53 Å². The van der Waals surface area contributed by atoms with Gasteiger partial charge in [0.25, 0.3) is 5.91 Å². The molecule has 0 saturated carbocycles. The van der Waals surface area contributed by atoms with E-state index in [9.17, 15) is 4.79 Å². The van der Waals surface area contributed by atoms with Gasteiger partial charge in [0.1, 0.15) is 11.4 Å². The second kappa shape index (κ2) is 8.99. The average Bonchev–Trinajstić information content (AvgIpc) is 3.19. The van der Waals surface area contributed by atoms with Crippen LogP contribution in [0.2, 0.25) is 0 Å². The number of carbonyl (C=O) groups is 1. The van der Waals surface area contributed by atoms with Crippen molar-refractivity contribution in [1.29, 1.82) is 0 Å². The molecule has 0 bridgehead atoms. The Morgan fingerprint density at radius 2 is 1.96 bits per heavy atom. The van der Waals surface area contributed by atoms with Crippen LogP contribution in [0, 0.1) is 5.92 Å². The Balaban J connectivity index is 1.64. The maximum atomic E-state index is 12.3. The SMILES string of the molecule is COc1ccccc1/C=N/NC(=O)c1cc(-c2ccc(CC(C)C)cc2)n[nH]1. The summed E-state index contributed by atoms with van der Waals surface area (Å²) in [6.45, 7) is 4.39. The van der Waals surface area contributed by atoms with Crippen LogP contribution in [-0.2, 0) is 6.42 Å². The zero-order chi connectivity index (χ0) is 19.9. The van der Waals surface area contributed by atoms with Crippen molar-refractivity contribution in [3.05, 3.63) is 71.4 Å². The highest BCUT2D eigenvalue weighted by Crippen LogP contribution is 2.20. The van der Waals surface area contributed by atoms with E-state index in [-0.39, 0.29) is 5.91 Å². The summed E-state index contributed by atoms with van der Waals surface area (Å²) in [5, 5.41) is 11.0. The largest absolute Gasteiger partial charge is 0.496 e. The van der Waals surface area contributed by atoms with Crippen molar-refractivity contribution in [1.82, 2.24) is 15.6 Å². The van der Waals surface area contributed by atoms with Crippen molar-refractivity contribution in [2.75, 3.05) is 7.11 Å². The molecule has 3 rings (SSSR count). The molecule has 2 N–H and O–H groups in total. The number of hydrogen-bond donors (Lipinski definition) is 2. The third-order valence-corrected chi connectivity index (χ3v) is 4.22. The Morgan fingerprint density at radius 1 is 1.21 bits per heavy atom. The third-order valence-electron chi connectivity index (χ3n) is 4.22. The number of rotatable bonds is 7. The molecule has 0 aliphatic rings. The van der Waals surface area contributed by atoms with Gasteiger partial charge in [0.05, 0.1) is 19.0 Å². The maximum Gasteiger partial charge on any atom is 0.289 e. The minimum absolute atomic E-state index is 0.346. The Hall–Kier alpha value is -3.41. The zero-order valence-corrected chi connectivity index (χ0v) is 16.3. The molecule has 0 atom stereocenters. The molecule has 0 aliphatic heterocycles. The molecule has 0 radical (unpaired) electrons. The summed E-state index contributed by atoms with van der Waals surface area (Å²) >= 11 is 0. The summed E-state index contributed by atoms with van der Waals surface area (Å²) in [5.74, 6) is 0.939. The lowest BCUT2D eigenvalue weighted by Gasteiger charge is -2.05. The van der Waals surface area contributed by atoms with Gasteiger partial charge in [-0.25, -0.2) is 5.43 Å². The van der Waals surface area contributed by atoms with E-state index in [1.807, 2.05) is 36.4 Å². The van der Waals surface area contributed by atoms with Crippen LogP contribution in [0.3, 0.4) is 0 Å². The Morgan fingerprint density at radius 3 is 2.68 bits per heavy atom. The number of benzene rings is 2. The second-order valence-electron chi connectivity index (χ2n) is 6.90. The number of H-pyrrole nitrogens is 1. The van der Waals surface area contributed by atoms with Gasteiger partial charge in [-0.2, -0.15) is 10.2 Å². The van der Waals surface area contributed by atoms with Gasteiger partial charge in [-0.3, -0.25) is 9.89 Å². The number of hydrogen-bond acceptors (Lipinski definition) is 4. The number of aromatic amines is 1. The molecule has 6 heteroatoms. The van der Waals surface area contributed by atoms with E-state index >= 15 is 0 Å². The number of methoxy groups -OCH3 is 1. The highest BCUT2D eigenvalue weighted by molar-refractivity contribution is 5.94. The van der Waals surface area contributed by atoms with Gasteiger partial charge in [-0.05, 0) is 36.1 Å². The highest BCUT2D eigenvalue weighted by atomic mass is 16.5. The number of ether oxygens (including phenoxy) is 1. The molecule has 0 fully saturated rings. The number of nitrogens with one attached hydrogen (secondary N) is 2. The summed E-state index contributed by atoms with van der Waals surface area (Å²) < 4.78 is 5.25. The first-order chi connectivity index (χ1) is 13.6. The number of aromatic nitrogens is 2.